The predicted molar refractivity (Wildman–Crippen MR) is 84.0 cm³/mol. The van der Waals surface area contributed by atoms with Crippen LogP contribution in [0, 0.1) is 11.6 Å². The Bertz CT molecular complexity index is 644. The highest BCUT2D eigenvalue weighted by atomic mass is 19.1. The van der Waals surface area contributed by atoms with Gasteiger partial charge in [-0.05, 0) is 12.8 Å². The van der Waals surface area contributed by atoms with Crippen molar-refractivity contribution in [3.05, 3.63) is 29.6 Å². The van der Waals surface area contributed by atoms with E-state index in [0.717, 1.165) is 6.20 Å². The van der Waals surface area contributed by atoms with Crippen molar-refractivity contribution in [2.24, 2.45) is 0 Å². The molecule has 0 aromatic carbocycles. The number of morpholine rings is 1. The largest absolute Gasteiger partial charge is 0.378 e. The number of nitrogens with one attached hydrogen (secondary N) is 1. The fourth-order valence-electron chi connectivity index (χ4n) is 3.01. The topological polar surface area (TPSA) is 74.8 Å². The molecule has 1 aromatic rings. The Labute approximate surface area is 143 Å². The third-order valence-electron chi connectivity index (χ3n) is 4.41. The molecule has 9 heteroatoms. The lowest BCUT2D eigenvalue weighted by Gasteiger charge is -2.37. The van der Waals surface area contributed by atoms with Crippen LogP contribution in [0.1, 0.15) is 23.3 Å². The molecule has 0 unspecified atom stereocenters. The molecular weight excluding hydrogens is 334 g/mol. The molecule has 3 rings (SSSR count). The van der Waals surface area contributed by atoms with Gasteiger partial charge in [-0.25, -0.2) is 18.6 Å². The maximum absolute atomic E-state index is 13.6. The summed E-state index contributed by atoms with van der Waals surface area (Å²) in [4.78, 5) is 31.5. The minimum Gasteiger partial charge on any atom is -0.378 e. The maximum Gasteiger partial charge on any atom is 0.320 e. The molecular formula is C16H20F2N4O3. The second kappa shape index (κ2) is 7.73. The second-order valence-electron chi connectivity index (χ2n) is 6.10. The summed E-state index contributed by atoms with van der Waals surface area (Å²) in [6.45, 7) is 3.31. The second-order valence-corrected chi connectivity index (χ2v) is 6.10. The molecule has 2 fully saturated rings. The summed E-state index contributed by atoms with van der Waals surface area (Å²) in [5.41, 5.74) is -0.423. The minimum atomic E-state index is -0.988. The molecule has 25 heavy (non-hydrogen) atoms. The molecule has 0 bridgehead atoms. The number of hydrogen-bond acceptors (Lipinski definition) is 4. The average molecular weight is 354 g/mol. The summed E-state index contributed by atoms with van der Waals surface area (Å²) in [7, 11) is 0. The van der Waals surface area contributed by atoms with Gasteiger partial charge in [0.05, 0.1) is 19.4 Å². The van der Waals surface area contributed by atoms with Crippen molar-refractivity contribution in [1.82, 2.24) is 20.1 Å². The SMILES string of the molecule is O=C(NC1CCN(C(=O)N2CCOCC2)CC1)c1ncc(F)cc1F. The van der Waals surface area contributed by atoms with E-state index in [-0.39, 0.29) is 12.1 Å². The van der Waals surface area contributed by atoms with Gasteiger partial charge in [-0.15, -0.1) is 0 Å². The number of ether oxygens (including phenoxy) is 1. The van der Waals surface area contributed by atoms with E-state index in [1.54, 1.807) is 9.80 Å². The van der Waals surface area contributed by atoms with E-state index in [2.05, 4.69) is 10.3 Å². The van der Waals surface area contributed by atoms with Gasteiger partial charge in [0.25, 0.3) is 5.91 Å². The number of nitrogens with zero attached hydrogens (tertiary/aromatic N) is 3. The Hall–Kier alpha value is -2.29. The van der Waals surface area contributed by atoms with E-state index in [4.69, 9.17) is 4.74 Å². The molecule has 2 aliphatic rings. The smallest absolute Gasteiger partial charge is 0.320 e. The van der Waals surface area contributed by atoms with Crippen LogP contribution in [0.25, 0.3) is 0 Å². The van der Waals surface area contributed by atoms with E-state index < -0.39 is 23.2 Å². The maximum atomic E-state index is 13.6. The van der Waals surface area contributed by atoms with Crippen molar-refractivity contribution < 1.29 is 23.1 Å². The van der Waals surface area contributed by atoms with E-state index in [9.17, 15) is 18.4 Å². The highest BCUT2D eigenvalue weighted by molar-refractivity contribution is 5.92. The Morgan fingerprint density at radius 3 is 2.40 bits per heavy atom. The van der Waals surface area contributed by atoms with Crippen LogP contribution in [0.3, 0.4) is 0 Å². The number of hydrogen-bond donors (Lipinski definition) is 1. The van der Waals surface area contributed by atoms with Gasteiger partial charge >= 0.3 is 6.03 Å². The summed E-state index contributed by atoms with van der Waals surface area (Å²) in [5, 5.41) is 2.70. The van der Waals surface area contributed by atoms with Crippen molar-refractivity contribution in [1.29, 1.82) is 0 Å². The molecule has 0 radical (unpaired) electrons. The number of carbonyl (C=O) groups excluding carboxylic acids is 2. The molecule has 1 N–H and O–H groups in total. The Morgan fingerprint density at radius 1 is 1.12 bits per heavy atom. The zero-order valence-corrected chi connectivity index (χ0v) is 13.7. The quantitative estimate of drug-likeness (QED) is 0.860. The zero-order valence-electron chi connectivity index (χ0n) is 13.7. The van der Waals surface area contributed by atoms with Crippen molar-refractivity contribution >= 4 is 11.9 Å². The predicted octanol–water partition coefficient (Wildman–Crippen LogP) is 1.01. The molecule has 2 aliphatic heterocycles. The normalized spacial score (nSPS) is 19.0. The van der Waals surface area contributed by atoms with Gasteiger partial charge in [-0.3, -0.25) is 4.79 Å². The van der Waals surface area contributed by atoms with Gasteiger partial charge in [0.1, 0.15) is 5.82 Å². The van der Waals surface area contributed by atoms with Gasteiger partial charge < -0.3 is 19.9 Å². The lowest BCUT2D eigenvalue weighted by Crippen LogP contribution is -2.52. The Morgan fingerprint density at radius 2 is 1.76 bits per heavy atom. The molecule has 7 nitrogen and oxygen atoms in total. The number of amides is 3. The van der Waals surface area contributed by atoms with E-state index >= 15 is 0 Å². The third kappa shape index (κ3) is 4.22. The van der Waals surface area contributed by atoms with Crippen molar-refractivity contribution in [3.63, 3.8) is 0 Å². The molecule has 0 spiro atoms. The third-order valence-corrected chi connectivity index (χ3v) is 4.41. The number of halogens is 2. The summed E-state index contributed by atoms with van der Waals surface area (Å²) in [5.74, 6) is -2.49. The monoisotopic (exact) mass is 354 g/mol. The molecule has 1 aromatic heterocycles. The zero-order chi connectivity index (χ0) is 17.8. The number of pyridine rings is 1. The fourth-order valence-corrected chi connectivity index (χ4v) is 3.01. The highest BCUT2D eigenvalue weighted by Gasteiger charge is 2.28. The van der Waals surface area contributed by atoms with Gasteiger partial charge in [-0.1, -0.05) is 0 Å². The molecule has 3 heterocycles. The van der Waals surface area contributed by atoms with E-state index in [1.807, 2.05) is 0 Å². The molecule has 0 atom stereocenters. The first-order valence-electron chi connectivity index (χ1n) is 8.28. The van der Waals surface area contributed by atoms with Crippen LogP contribution >= 0.6 is 0 Å². The van der Waals surface area contributed by atoms with Crippen LogP contribution in [0.2, 0.25) is 0 Å². The average Bonchev–Trinajstić information content (AvgIpc) is 2.62. The van der Waals surface area contributed by atoms with Gasteiger partial charge in [0.15, 0.2) is 11.5 Å². The van der Waals surface area contributed by atoms with Gasteiger partial charge in [0, 0.05) is 38.3 Å². The lowest BCUT2D eigenvalue weighted by molar-refractivity contribution is 0.0407. The number of aromatic nitrogens is 1. The summed E-state index contributed by atoms with van der Waals surface area (Å²) in [6, 6.07) is 0.442. The minimum absolute atomic E-state index is 0.0145. The Balaban J connectivity index is 1.50. The first-order chi connectivity index (χ1) is 12.0. The standard InChI is InChI=1S/C16H20F2N4O3/c17-11-9-13(18)14(19-10-11)15(23)20-12-1-3-21(4-2-12)16(24)22-5-7-25-8-6-22/h9-10,12H,1-8H2,(H,20,23). The number of urea groups is 1. The van der Waals surface area contributed by atoms with Crippen molar-refractivity contribution in [2.45, 2.75) is 18.9 Å². The molecule has 2 saturated heterocycles. The summed E-state index contributed by atoms with van der Waals surface area (Å²) in [6.07, 6.45) is 1.96. The van der Waals surface area contributed by atoms with Crippen LogP contribution in [-0.4, -0.2) is 72.2 Å². The highest BCUT2D eigenvalue weighted by Crippen LogP contribution is 2.14. The van der Waals surface area contributed by atoms with Gasteiger partial charge in [0.2, 0.25) is 0 Å². The number of rotatable bonds is 2. The van der Waals surface area contributed by atoms with Crippen LogP contribution < -0.4 is 5.32 Å². The number of carbonyl (C=O) groups is 2. The fraction of sp³-hybridized carbons (Fsp3) is 0.562. The van der Waals surface area contributed by atoms with Crippen molar-refractivity contribution in [3.8, 4) is 0 Å². The number of likely N-dealkylation sites (tertiary alicyclic amines) is 1. The lowest BCUT2D eigenvalue weighted by atomic mass is 10.0. The van der Waals surface area contributed by atoms with E-state index in [0.29, 0.717) is 58.3 Å². The summed E-state index contributed by atoms with van der Waals surface area (Å²) >= 11 is 0. The Kier molecular flexibility index (Phi) is 5.42. The molecule has 0 saturated carbocycles. The van der Waals surface area contributed by atoms with Crippen molar-refractivity contribution in [2.75, 3.05) is 39.4 Å². The van der Waals surface area contributed by atoms with Crippen LogP contribution in [-0.2, 0) is 4.74 Å². The molecule has 0 aliphatic carbocycles. The van der Waals surface area contributed by atoms with E-state index in [1.165, 1.54) is 0 Å². The van der Waals surface area contributed by atoms with Crippen LogP contribution in [0.5, 0.6) is 0 Å². The first-order valence-corrected chi connectivity index (χ1v) is 8.28. The summed E-state index contributed by atoms with van der Waals surface area (Å²) < 4.78 is 31.7. The van der Waals surface area contributed by atoms with Crippen LogP contribution in [0.4, 0.5) is 13.6 Å². The van der Waals surface area contributed by atoms with Crippen LogP contribution in [0.15, 0.2) is 12.3 Å². The van der Waals surface area contributed by atoms with Gasteiger partial charge in [-0.2, -0.15) is 0 Å². The first kappa shape index (κ1) is 17.5. The number of piperidine rings is 1. The molecule has 136 valence electrons. The molecule has 3 amide bonds.